The number of nitrogens with zero attached hydrogens (tertiary/aromatic N) is 4. The fourth-order valence-electron chi connectivity index (χ4n) is 3.13. The third-order valence-electron chi connectivity index (χ3n) is 4.43. The van der Waals surface area contributed by atoms with Gasteiger partial charge in [0.25, 0.3) is 5.56 Å². The standard InChI is InChI=1S/C17H16N6O4/c24-13(8-10-9-19-17(26)21-15(10)25)23-7-3-5-12(23)16-20-14(22-27-16)11-4-1-2-6-18-11/h1-2,4,6,9,12H,3,5,7-8H2,(H2,19,21,25,26)/t12-/m0/s1. The van der Waals surface area contributed by atoms with Crippen LogP contribution in [0.1, 0.15) is 30.3 Å². The molecule has 0 saturated carbocycles. The molecule has 1 fully saturated rings. The van der Waals surface area contributed by atoms with Gasteiger partial charge in [0, 0.05) is 24.5 Å². The van der Waals surface area contributed by atoms with E-state index in [0.717, 1.165) is 6.42 Å². The van der Waals surface area contributed by atoms with E-state index in [1.165, 1.54) is 6.20 Å². The Bertz CT molecular complexity index is 1070. The molecule has 1 amide bonds. The number of H-pyrrole nitrogens is 2. The molecule has 27 heavy (non-hydrogen) atoms. The number of pyridine rings is 1. The van der Waals surface area contributed by atoms with Gasteiger partial charge in [0.15, 0.2) is 0 Å². The van der Waals surface area contributed by atoms with Gasteiger partial charge in [-0.3, -0.25) is 19.6 Å². The second-order valence-corrected chi connectivity index (χ2v) is 6.19. The normalized spacial score (nSPS) is 16.6. The van der Waals surface area contributed by atoms with E-state index in [9.17, 15) is 14.4 Å². The average Bonchev–Trinajstić information content (AvgIpc) is 3.33. The largest absolute Gasteiger partial charge is 0.337 e. The van der Waals surface area contributed by atoms with Gasteiger partial charge in [-0.1, -0.05) is 11.2 Å². The Morgan fingerprint density at radius 3 is 3.00 bits per heavy atom. The van der Waals surface area contributed by atoms with Crippen LogP contribution in [0.15, 0.2) is 44.7 Å². The minimum Gasteiger partial charge on any atom is -0.337 e. The topological polar surface area (TPSA) is 138 Å². The molecule has 10 nitrogen and oxygen atoms in total. The van der Waals surface area contributed by atoms with E-state index in [1.807, 2.05) is 6.07 Å². The molecule has 0 aliphatic carbocycles. The number of carbonyl (C=O) groups excluding carboxylic acids is 1. The lowest BCUT2D eigenvalue weighted by atomic mass is 10.2. The van der Waals surface area contributed by atoms with Crippen LogP contribution < -0.4 is 11.2 Å². The van der Waals surface area contributed by atoms with Crippen LogP contribution in [-0.4, -0.2) is 42.4 Å². The molecule has 1 atom stereocenters. The summed E-state index contributed by atoms with van der Waals surface area (Å²) in [4.78, 5) is 50.3. The lowest BCUT2D eigenvalue weighted by molar-refractivity contribution is -0.131. The molecule has 0 aromatic carbocycles. The first-order chi connectivity index (χ1) is 13.1. The van der Waals surface area contributed by atoms with Crippen LogP contribution >= 0.6 is 0 Å². The molecule has 3 aromatic heterocycles. The molecule has 0 unspecified atom stereocenters. The third kappa shape index (κ3) is 3.41. The number of aromatic amines is 2. The second kappa shape index (κ2) is 6.98. The summed E-state index contributed by atoms with van der Waals surface area (Å²) in [5.74, 6) is 0.464. The molecule has 0 bridgehead atoms. The average molecular weight is 368 g/mol. The van der Waals surface area contributed by atoms with Crippen molar-refractivity contribution in [3.63, 3.8) is 0 Å². The monoisotopic (exact) mass is 368 g/mol. The Morgan fingerprint density at radius 1 is 1.33 bits per heavy atom. The van der Waals surface area contributed by atoms with Gasteiger partial charge in [-0.05, 0) is 25.0 Å². The number of amides is 1. The van der Waals surface area contributed by atoms with Crippen LogP contribution in [0, 0.1) is 0 Å². The van der Waals surface area contributed by atoms with Crippen LogP contribution in [0.4, 0.5) is 0 Å². The second-order valence-electron chi connectivity index (χ2n) is 6.19. The van der Waals surface area contributed by atoms with Crippen molar-refractivity contribution in [2.24, 2.45) is 0 Å². The Hall–Kier alpha value is -3.56. The summed E-state index contributed by atoms with van der Waals surface area (Å²) in [6.07, 6.45) is 4.26. The number of hydrogen-bond acceptors (Lipinski definition) is 7. The molecule has 1 aliphatic rings. The van der Waals surface area contributed by atoms with Crippen LogP contribution in [0.3, 0.4) is 0 Å². The SMILES string of the molecule is O=C(Cc1c[nH]c(=O)[nH]c1=O)N1CCC[C@H]1c1nc(-c2ccccn2)no1. The van der Waals surface area contributed by atoms with Crippen molar-refractivity contribution in [1.29, 1.82) is 0 Å². The van der Waals surface area contributed by atoms with Crippen molar-refractivity contribution in [2.75, 3.05) is 6.54 Å². The van der Waals surface area contributed by atoms with E-state index in [0.29, 0.717) is 30.4 Å². The summed E-state index contributed by atoms with van der Waals surface area (Å²) in [6, 6.07) is 5.05. The van der Waals surface area contributed by atoms with E-state index in [-0.39, 0.29) is 23.9 Å². The lowest BCUT2D eigenvalue weighted by Gasteiger charge is -2.21. The number of rotatable bonds is 4. The van der Waals surface area contributed by atoms with Crippen LogP contribution in [0.2, 0.25) is 0 Å². The van der Waals surface area contributed by atoms with Gasteiger partial charge < -0.3 is 14.4 Å². The molecule has 10 heteroatoms. The molecule has 4 heterocycles. The van der Waals surface area contributed by atoms with Crippen molar-refractivity contribution in [3.05, 3.63) is 62.9 Å². The first-order valence-electron chi connectivity index (χ1n) is 8.47. The fourth-order valence-corrected chi connectivity index (χ4v) is 3.13. The Labute approximate surface area is 152 Å². The van der Waals surface area contributed by atoms with Crippen LogP contribution in [0.5, 0.6) is 0 Å². The highest BCUT2D eigenvalue weighted by atomic mass is 16.5. The van der Waals surface area contributed by atoms with Crippen molar-refractivity contribution in [1.82, 2.24) is 30.0 Å². The predicted octanol–water partition coefficient (Wildman–Crippen LogP) is 0.414. The van der Waals surface area contributed by atoms with Crippen LogP contribution in [-0.2, 0) is 11.2 Å². The van der Waals surface area contributed by atoms with Crippen molar-refractivity contribution in [3.8, 4) is 11.5 Å². The predicted molar refractivity (Wildman–Crippen MR) is 92.6 cm³/mol. The van der Waals surface area contributed by atoms with E-state index < -0.39 is 11.2 Å². The summed E-state index contributed by atoms with van der Waals surface area (Å²) in [7, 11) is 0. The van der Waals surface area contributed by atoms with E-state index in [4.69, 9.17) is 4.52 Å². The van der Waals surface area contributed by atoms with Crippen molar-refractivity contribution in [2.45, 2.75) is 25.3 Å². The maximum Gasteiger partial charge on any atom is 0.325 e. The molecular weight excluding hydrogens is 352 g/mol. The quantitative estimate of drug-likeness (QED) is 0.680. The molecule has 1 saturated heterocycles. The van der Waals surface area contributed by atoms with E-state index in [2.05, 4.69) is 25.1 Å². The summed E-state index contributed by atoms with van der Waals surface area (Å²) >= 11 is 0. The Kier molecular flexibility index (Phi) is 4.37. The number of aromatic nitrogens is 5. The van der Waals surface area contributed by atoms with Crippen LogP contribution in [0.25, 0.3) is 11.5 Å². The third-order valence-corrected chi connectivity index (χ3v) is 4.43. The number of nitrogens with one attached hydrogen (secondary N) is 2. The van der Waals surface area contributed by atoms with E-state index >= 15 is 0 Å². The molecular formula is C17H16N6O4. The zero-order chi connectivity index (χ0) is 18.8. The molecule has 4 rings (SSSR count). The van der Waals surface area contributed by atoms with Crippen molar-refractivity contribution < 1.29 is 9.32 Å². The minimum absolute atomic E-state index is 0.121. The highest BCUT2D eigenvalue weighted by molar-refractivity contribution is 5.79. The molecule has 1 aliphatic heterocycles. The lowest BCUT2D eigenvalue weighted by Crippen LogP contribution is -2.34. The van der Waals surface area contributed by atoms with Gasteiger partial charge in [-0.15, -0.1) is 0 Å². The minimum atomic E-state index is -0.608. The van der Waals surface area contributed by atoms with E-state index in [1.54, 1.807) is 23.2 Å². The first-order valence-corrected chi connectivity index (χ1v) is 8.47. The number of hydrogen-bond donors (Lipinski definition) is 2. The van der Waals surface area contributed by atoms with Gasteiger partial charge in [0.2, 0.25) is 17.6 Å². The van der Waals surface area contributed by atoms with Gasteiger partial charge >= 0.3 is 5.69 Å². The number of likely N-dealkylation sites (tertiary alicyclic amines) is 1. The molecule has 2 N–H and O–H groups in total. The molecule has 3 aromatic rings. The fraction of sp³-hybridized carbons (Fsp3) is 0.294. The van der Waals surface area contributed by atoms with Gasteiger partial charge in [-0.25, -0.2) is 4.79 Å². The summed E-state index contributed by atoms with van der Waals surface area (Å²) in [6.45, 7) is 0.534. The zero-order valence-electron chi connectivity index (χ0n) is 14.2. The van der Waals surface area contributed by atoms with Gasteiger partial charge in [0.1, 0.15) is 11.7 Å². The smallest absolute Gasteiger partial charge is 0.325 e. The zero-order valence-corrected chi connectivity index (χ0v) is 14.2. The summed E-state index contributed by atoms with van der Waals surface area (Å²) in [5, 5.41) is 3.95. The molecule has 0 spiro atoms. The first kappa shape index (κ1) is 16.9. The summed E-state index contributed by atoms with van der Waals surface area (Å²) < 4.78 is 5.36. The maximum absolute atomic E-state index is 12.7. The van der Waals surface area contributed by atoms with Crippen molar-refractivity contribution >= 4 is 5.91 Å². The maximum atomic E-state index is 12.7. The Balaban J connectivity index is 1.54. The number of carbonyl (C=O) groups is 1. The highest BCUT2D eigenvalue weighted by Crippen LogP contribution is 2.32. The highest BCUT2D eigenvalue weighted by Gasteiger charge is 2.34. The molecule has 0 radical (unpaired) electrons. The summed E-state index contributed by atoms with van der Waals surface area (Å²) in [5.41, 5.74) is -0.394. The molecule has 138 valence electrons. The van der Waals surface area contributed by atoms with Gasteiger partial charge in [0.05, 0.1) is 6.42 Å². The Morgan fingerprint density at radius 2 is 2.22 bits per heavy atom. The van der Waals surface area contributed by atoms with Gasteiger partial charge in [-0.2, -0.15) is 4.98 Å².